The summed E-state index contributed by atoms with van der Waals surface area (Å²) in [6.07, 6.45) is 3.77. The minimum absolute atomic E-state index is 0.0469. The summed E-state index contributed by atoms with van der Waals surface area (Å²) in [4.78, 5) is 27.0. The number of carbonyl (C=O) groups is 1. The highest BCUT2D eigenvalue weighted by atomic mass is 16.6. The van der Waals surface area contributed by atoms with Crippen LogP contribution >= 0.6 is 0 Å². The molecule has 1 aromatic heterocycles. The summed E-state index contributed by atoms with van der Waals surface area (Å²) in [6.45, 7) is 6.29. The molecule has 8 nitrogen and oxygen atoms in total. The standard InChI is InChI=1S/C23H32N6O2/c1-17(25-22-24-11-8-21(26-22)29-14-15-31-23(29)30)19-6-4-18(5-7-19)16-28-12-9-20(10-13-28)27(2)3/h4-8,11,17,20H,9-10,12-16H2,1-3H3,(H,24,25,26). The van der Waals surface area contributed by atoms with Gasteiger partial charge in [-0.25, -0.2) is 9.78 Å². The summed E-state index contributed by atoms with van der Waals surface area (Å²) in [5.41, 5.74) is 2.51. The van der Waals surface area contributed by atoms with Crippen LogP contribution < -0.4 is 10.2 Å². The van der Waals surface area contributed by atoms with Crippen LogP contribution in [0, 0.1) is 0 Å². The topological polar surface area (TPSA) is 73.8 Å². The average molecular weight is 425 g/mol. The van der Waals surface area contributed by atoms with Crippen LogP contribution in [0.1, 0.15) is 36.9 Å². The lowest BCUT2D eigenvalue weighted by Crippen LogP contribution is -2.41. The third-order valence-electron chi connectivity index (χ3n) is 6.20. The second-order valence-electron chi connectivity index (χ2n) is 8.58. The molecule has 31 heavy (non-hydrogen) atoms. The number of anilines is 2. The Morgan fingerprint density at radius 2 is 1.90 bits per heavy atom. The smallest absolute Gasteiger partial charge is 0.415 e. The van der Waals surface area contributed by atoms with Gasteiger partial charge in [0, 0.05) is 18.8 Å². The Balaban J connectivity index is 1.32. The summed E-state index contributed by atoms with van der Waals surface area (Å²) in [7, 11) is 4.35. The molecule has 2 aliphatic heterocycles. The largest absolute Gasteiger partial charge is 0.447 e. The number of nitrogens with one attached hydrogen (secondary N) is 1. The molecular weight excluding hydrogens is 392 g/mol. The predicted molar refractivity (Wildman–Crippen MR) is 121 cm³/mol. The number of hydrogen-bond acceptors (Lipinski definition) is 7. The van der Waals surface area contributed by atoms with Crippen molar-refractivity contribution >= 4 is 17.9 Å². The molecule has 2 aromatic rings. The van der Waals surface area contributed by atoms with E-state index in [0.29, 0.717) is 31.0 Å². The van der Waals surface area contributed by atoms with Crippen molar-refractivity contribution in [2.45, 2.75) is 38.4 Å². The summed E-state index contributed by atoms with van der Waals surface area (Å²) < 4.78 is 4.99. The van der Waals surface area contributed by atoms with Crippen molar-refractivity contribution < 1.29 is 9.53 Å². The van der Waals surface area contributed by atoms with Gasteiger partial charge in [-0.2, -0.15) is 4.98 Å². The number of aromatic nitrogens is 2. The molecule has 0 bridgehead atoms. The number of benzene rings is 1. The molecule has 0 aliphatic carbocycles. The quantitative estimate of drug-likeness (QED) is 0.732. The van der Waals surface area contributed by atoms with Crippen molar-refractivity contribution in [3.8, 4) is 0 Å². The Morgan fingerprint density at radius 3 is 2.55 bits per heavy atom. The van der Waals surface area contributed by atoms with E-state index in [0.717, 1.165) is 19.6 Å². The third-order valence-corrected chi connectivity index (χ3v) is 6.20. The monoisotopic (exact) mass is 424 g/mol. The summed E-state index contributed by atoms with van der Waals surface area (Å²) in [5.74, 6) is 1.05. The number of carbonyl (C=O) groups excluding carboxylic acids is 1. The minimum Gasteiger partial charge on any atom is -0.447 e. The molecule has 3 heterocycles. The van der Waals surface area contributed by atoms with Gasteiger partial charge in [0.15, 0.2) is 0 Å². The zero-order valence-electron chi connectivity index (χ0n) is 18.6. The minimum atomic E-state index is -0.362. The van der Waals surface area contributed by atoms with Crippen molar-refractivity contribution in [1.82, 2.24) is 19.8 Å². The fourth-order valence-electron chi connectivity index (χ4n) is 4.21. The van der Waals surface area contributed by atoms with Gasteiger partial charge in [0.1, 0.15) is 12.4 Å². The van der Waals surface area contributed by atoms with E-state index in [1.807, 2.05) is 0 Å². The fourth-order valence-corrected chi connectivity index (χ4v) is 4.21. The first-order valence-corrected chi connectivity index (χ1v) is 11.0. The maximum absolute atomic E-state index is 11.8. The molecule has 0 saturated carbocycles. The van der Waals surface area contributed by atoms with Crippen molar-refractivity contribution in [3.63, 3.8) is 0 Å². The number of ether oxygens (including phenoxy) is 1. The number of hydrogen-bond donors (Lipinski definition) is 1. The van der Waals surface area contributed by atoms with Crippen LogP contribution in [0.25, 0.3) is 0 Å². The normalized spacial score (nSPS) is 19.0. The summed E-state index contributed by atoms with van der Waals surface area (Å²) in [5, 5.41) is 3.34. The predicted octanol–water partition coefficient (Wildman–Crippen LogP) is 3.13. The molecule has 2 fully saturated rings. The first-order valence-electron chi connectivity index (χ1n) is 11.0. The van der Waals surface area contributed by atoms with Crippen LogP contribution in [0.15, 0.2) is 36.5 Å². The van der Waals surface area contributed by atoms with Gasteiger partial charge in [-0.1, -0.05) is 24.3 Å². The van der Waals surface area contributed by atoms with Crippen LogP contribution in [0.3, 0.4) is 0 Å². The molecule has 0 spiro atoms. The molecule has 4 rings (SSSR count). The van der Waals surface area contributed by atoms with Crippen molar-refractivity contribution in [1.29, 1.82) is 0 Å². The van der Waals surface area contributed by atoms with E-state index in [1.54, 1.807) is 12.3 Å². The lowest BCUT2D eigenvalue weighted by atomic mass is 10.0. The Bertz CT molecular complexity index is 880. The van der Waals surface area contributed by atoms with Crippen molar-refractivity contribution in [3.05, 3.63) is 47.7 Å². The molecule has 1 atom stereocenters. The Morgan fingerprint density at radius 1 is 1.16 bits per heavy atom. The molecule has 166 valence electrons. The first-order chi connectivity index (χ1) is 15.0. The third kappa shape index (κ3) is 5.32. The second kappa shape index (κ2) is 9.62. The van der Waals surface area contributed by atoms with Crippen LogP contribution in [0.4, 0.5) is 16.6 Å². The molecule has 1 amide bonds. The number of rotatable bonds is 7. The first kappa shape index (κ1) is 21.5. The van der Waals surface area contributed by atoms with Gasteiger partial charge >= 0.3 is 6.09 Å². The van der Waals surface area contributed by atoms with E-state index in [-0.39, 0.29) is 12.1 Å². The SMILES string of the molecule is CC(Nc1nccc(N2CCOC2=O)n1)c1ccc(CN2CCC(N(C)C)CC2)cc1. The fraction of sp³-hybridized carbons (Fsp3) is 0.522. The van der Waals surface area contributed by atoms with E-state index < -0.39 is 0 Å². The zero-order chi connectivity index (χ0) is 21.8. The van der Waals surface area contributed by atoms with E-state index in [1.165, 1.54) is 28.9 Å². The van der Waals surface area contributed by atoms with Gasteiger partial charge in [0.2, 0.25) is 5.95 Å². The van der Waals surface area contributed by atoms with E-state index in [4.69, 9.17) is 4.74 Å². The highest BCUT2D eigenvalue weighted by Gasteiger charge is 2.25. The Kier molecular flexibility index (Phi) is 6.67. The summed E-state index contributed by atoms with van der Waals surface area (Å²) in [6, 6.07) is 11.2. The zero-order valence-corrected chi connectivity index (χ0v) is 18.6. The Labute approximate surface area is 184 Å². The highest BCUT2D eigenvalue weighted by molar-refractivity contribution is 5.88. The maximum atomic E-state index is 11.8. The number of piperidine rings is 1. The number of cyclic esters (lactones) is 1. The number of nitrogens with zero attached hydrogens (tertiary/aromatic N) is 5. The lowest BCUT2D eigenvalue weighted by Gasteiger charge is -2.35. The number of likely N-dealkylation sites (tertiary alicyclic amines) is 1. The van der Waals surface area contributed by atoms with Gasteiger partial charge in [0.25, 0.3) is 0 Å². The van der Waals surface area contributed by atoms with Gasteiger partial charge in [-0.15, -0.1) is 0 Å². The van der Waals surface area contributed by atoms with Gasteiger partial charge in [0.05, 0.1) is 12.6 Å². The van der Waals surface area contributed by atoms with E-state index in [2.05, 4.69) is 70.4 Å². The van der Waals surface area contributed by atoms with Gasteiger partial charge in [-0.3, -0.25) is 9.80 Å². The average Bonchev–Trinajstić information content (AvgIpc) is 3.21. The molecule has 2 saturated heterocycles. The highest BCUT2D eigenvalue weighted by Crippen LogP contribution is 2.22. The van der Waals surface area contributed by atoms with Crippen LogP contribution in [0.2, 0.25) is 0 Å². The van der Waals surface area contributed by atoms with Crippen LogP contribution in [-0.2, 0) is 11.3 Å². The summed E-state index contributed by atoms with van der Waals surface area (Å²) >= 11 is 0. The van der Waals surface area contributed by atoms with Crippen molar-refractivity contribution in [2.24, 2.45) is 0 Å². The molecule has 2 aliphatic rings. The number of amides is 1. The Hall–Kier alpha value is -2.71. The lowest BCUT2D eigenvalue weighted by molar-refractivity contribution is 0.140. The molecule has 1 N–H and O–H groups in total. The molecule has 8 heteroatoms. The van der Waals surface area contributed by atoms with Gasteiger partial charge < -0.3 is 15.0 Å². The van der Waals surface area contributed by atoms with Crippen molar-refractivity contribution in [2.75, 3.05) is 50.6 Å². The van der Waals surface area contributed by atoms with E-state index >= 15 is 0 Å². The second-order valence-corrected chi connectivity index (χ2v) is 8.58. The molecule has 1 unspecified atom stereocenters. The van der Waals surface area contributed by atoms with Crippen LogP contribution in [-0.4, -0.2) is 72.2 Å². The molecule has 1 aromatic carbocycles. The molecular formula is C23H32N6O2. The van der Waals surface area contributed by atoms with E-state index in [9.17, 15) is 4.79 Å². The van der Waals surface area contributed by atoms with Gasteiger partial charge in [-0.05, 0) is 64.1 Å². The molecule has 0 radical (unpaired) electrons. The van der Waals surface area contributed by atoms with Crippen LogP contribution in [0.5, 0.6) is 0 Å². The maximum Gasteiger partial charge on any atom is 0.415 e.